The molecule has 10 heteroatoms. The van der Waals surface area contributed by atoms with Crippen molar-refractivity contribution in [2.45, 2.75) is 20.1 Å². The molecule has 6 rings (SSSR count). The van der Waals surface area contributed by atoms with Gasteiger partial charge in [0.25, 0.3) is 0 Å². The molecule has 0 spiro atoms. The number of aromatic nitrogens is 6. The number of hydrogen-bond donors (Lipinski definition) is 1. The first-order valence-corrected chi connectivity index (χ1v) is 11.3. The Labute approximate surface area is 195 Å². The van der Waals surface area contributed by atoms with Crippen LogP contribution in [0, 0.1) is 6.92 Å². The molecule has 1 saturated heterocycles. The summed E-state index contributed by atoms with van der Waals surface area (Å²) in [6.07, 6.45) is 1.93. The maximum atomic E-state index is 6.16. The molecule has 5 heterocycles. The number of aryl methyl sites for hydroxylation is 1. The SMILES string of the molecule is Cc1cc(-c2nnc3c4ccccc4c(OCc4ccc(CN5CCNCC5)cn4)nn23)no1. The molecule has 0 unspecified atom stereocenters. The van der Waals surface area contributed by atoms with Gasteiger partial charge in [0, 0.05) is 55.8 Å². The van der Waals surface area contributed by atoms with Gasteiger partial charge in [-0.25, -0.2) is 0 Å². The fourth-order valence-corrected chi connectivity index (χ4v) is 4.19. The maximum absolute atomic E-state index is 6.16. The topological polar surface area (TPSA) is 106 Å². The molecule has 0 saturated carbocycles. The second-order valence-electron chi connectivity index (χ2n) is 8.41. The van der Waals surface area contributed by atoms with Crippen molar-refractivity contribution in [1.82, 2.24) is 40.2 Å². The molecule has 0 aliphatic carbocycles. The van der Waals surface area contributed by atoms with Crippen LogP contribution in [0.4, 0.5) is 0 Å². The van der Waals surface area contributed by atoms with Gasteiger partial charge in [0.2, 0.25) is 11.7 Å². The van der Waals surface area contributed by atoms with E-state index in [4.69, 9.17) is 14.4 Å². The highest BCUT2D eigenvalue weighted by Crippen LogP contribution is 2.29. The van der Waals surface area contributed by atoms with Crippen molar-refractivity contribution in [1.29, 1.82) is 0 Å². The fourth-order valence-electron chi connectivity index (χ4n) is 4.19. The van der Waals surface area contributed by atoms with E-state index in [1.807, 2.05) is 43.5 Å². The quantitative estimate of drug-likeness (QED) is 0.413. The molecule has 34 heavy (non-hydrogen) atoms. The Morgan fingerprint density at radius 1 is 1.06 bits per heavy atom. The second-order valence-corrected chi connectivity index (χ2v) is 8.41. The van der Waals surface area contributed by atoms with E-state index in [1.54, 1.807) is 10.6 Å². The predicted octanol–water partition coefficient (Wildman–Crippen LogP) is 2.62. The van der Waals surface area contributed by atoms with Crippen molar-refractivity contribution in [3.05, 3.63) is 65.7 Å². The van der Waals surface area contributed by atoms with Crippen LogP contribution in [0.5, 0.6) is 5.88 Å². The monoisotopic (exact) mass is 456 g/mol. The van der Waals surface area contributed by atoms with Gasteiger partial charge in [-0.3, -0.25) is 9.88 Å². The molecular weight excluding hydrogens is 432 g/mol. The van der Waals surface area contributed by atoms with Gasteiger partial charge in [0.05, 0.1) is 5.69 Å². The summed E-state index contributed by atoms with van der Waals surface area (Å²) in [5.41, 5.74) is 3.24. The molecule has 5 aromatic rings. The van der Waals surface area contributed by atoms with Crippen LogP contribution in [0.15, 0.2) is 53.2 Å². The van der Waals surface area contributed by atoms with E-state index in [0.29, 0.717) is 35.4 Å². The number of pyridine rings is 1. The zero-order chi connectivity index (χ0) is 22.9. The normalized spacial score (nSPS) is 14.7. The van der Waals surface area contributed by atoms with Gasteiger partial charge >= 0.3 is 0 Å². The molecular formula is C24H24N8O2. The van der Waals surface area contributed by atoms with Crippen molar-refractivity contribution in [3.63, 3.8) is 0 Å². The summed E-state index contributed by atoms with van der Waals surface area (Å²) in [6.45, 7) is 7.24. The molecule has 1 aromatic carbocycles. The first kappa shape index (κ1) is 20.7. The van der Waals surface area contributed by atoms with E-state index in [9.17, 15) is 0 Å². The molecule has 1 N–H and O–H groups in total. The van der Waals surface area contributed by atoms with Crippen LogP contribution in [-0.2, 0) is 13.2 Å². The number of nitrogens with zero attached hydrogens (tertiary/aromatic N) is 7. The summed E-state index contributed by atoms with van der Waals surface area (Å²) in [5, 5.41) is 22.5. The number of benzene rings is 1. The van der Waals surface area contributed by atoms with Crippen molar-refractivity contribution >= 4 is 16.4 Å². The lowest BCUT2D eigenvalue weighted by atomic mass is 10.2. The minimum Gasteiger partial charge on any atom is -0.470 e. The first-order chi connectivity index (χ1) is 16.7. The molecule has 4 aromatic heterocycles. The zero-order valence-electron chi connectivity index (χ0n) is 18.8. The third-order valence-electron chi connectivity index (χ3n) is 5.95. The van der Waals surface area contributed by atoms with Gasteiger partial charge in [0.1, 0.15) is 12.4 Å². The van der Waals surface area contributed by atoms with Crippen LogP contribution in [0.3, 0.4) is 0 Å². The van der Waals surface area contributed by atoms with E-state index in [0.717, 1.165) is 49.2 Å². The summed E-state index contributed by atoms with van der Waals surface area (Å²) in [4.78, 5) is 7.04. The Morgan fingerprint density at radius 2 is 1.91 bits per heavy atom. The van der Waals surface area contributed by atoms with Crippen molar-refractivity contribution in [3.8, 4) is 17.4 Å². The molecule has 0 atom stereocenters. The Hall–Kier alpha value is -3.89. The minimum atomic E-state index is 0.303. The van der Waals surface area contributed by atoms with Crippen molar-refractivity contribution in [2.75, 3.05) is 26.2 Å². The molecule has 0 bridgehead atoms. The number of ether oxygens (including phenoxy) is 1. The molecule has 1 fully saturated rings. The Kier molecular flexibility index (Phi) is 5.36. The largest absolute Gasteiger partial charge is 0.470 e. The van der Waals surface area contributed by atoms with Gasteiger partial charge < -0.3 is 14.6 Å². The number of rotatable bonds is 6. The molecule has 1 aliphatic rings. The van der Waals surface area contributed by atoms with Crippen LogP contribution in [0.25, 0.3) is 27.9 Å². The molecule has 0 amide bonds. The van der Waals surface area contributed by atoms with Gasteiger partial charge in [0.15, 0.2) is 11.3 Å². The van der Waals surface area contributed by atoms with Crippen LogP contribution < -0.4 is 10.1 Å². The van der Waals surface area contributed by atoms with Gasteiger partial charge in [-0.15, -0.1) is 15.3 Å². The molecule has 0 radical (unpaired) electrons. The van der Waals surface area contributed by atoms with E-state index in [2.05, 4.69) is 36.6 Å². The summed E-state index contributed by atoms with van der Waals surface area (Å²) >= 11 is 0. The van der Waals surface area contributed by atoms with E-state index in [1.165, 1.54) is 5.56 Å². The highest BCUT2D eigenvalue weighted by Gasteiger charge is 2.18. The maximum Gasteiger partial charge on any atom is 0.240 e. The highest BCUT2D eigenvalue weighted by molar-refractivity contribution is 5.96. The number of piperazine rings is 1. The molecule has 1 aliphatic heterocycles. The number of fused-ring (bicyclic) bond motifs is 3. The van der Waals surface area contributed by atoms with Crippen LogP contribution in [0.2, 0.25) is 0 Å². The standard InChI is InChI=1S/C24H24N8O2/c1-16-12-21(30-34-16)23-28-27-22-19-4-2-3-5-20(19)24(29-32(22)23)33-15-18-7-6-17(13-26-18)14-31-10-8-25-9-11-31/h2-7,12-13,25H,8-11,14-15H2,1H3. The van der Waals surface area contributed by atoms with E-state index < -0.39 is 0 Å². The van der Waals surface area contributed by atoms with Gasteiger partial charge in [-0.1, -0.05) is 29.4 Å². The van der Waals surface area contributed by atoms with E-state index in [-0.39, 0.29) is 0 Å². The Bertz CT molecular complexity index is 1440. The van der Waals surface area contributed by atoms with Gasteiger partial charge in [-0.2, -0.15) is 4.52 Å². The zero-order valence-corrected chi connectivity index (χ0v) is 18.8. The van der Waals surface area contributed by atoms with Crippen molar-refractivity contribution in [2.24, 2.45) is 0 Å². The average molecular weight is 457 g/mol. The van der Waals surface area contributed by atoms with E-state index >= 15 is 0 Å². The minimum absolute atomic E-state index is 0.303. The fraction of sp³-hybridized carbons (Fsp3) is 0.292. The summed E-state index contributed by atoms with van der Waals surface area (Å²) in [7, 11) is 0. The third-order valence-corrected chi connectivity index (χ3v) is 5.95. The van der Waals surface area contributed by atoms with Crippen molar-refractivity contribution < 1.29 is 9.26 Å². The van der Waals surface area contributed by atoms with Crippen LogP contribution >= 0.6 is 0 Å². The summed E-state index contributed by atoms with van der Waals surface area (Å²) < 4.78 is 13.0. The second kappa shape index (κ2) is 8.81. The smallest absolute Gasteiger partial charge is 0.240 e. The molecule has 172 valence electrons. The first-order valence-electron chi connectivity index (χ1n) is 11.3. The lowest BCUT2D eigenvalue weighted by molar-refractivity contribution is 0.233. The van der Waals surface area contributed by atoms with Crippen LogP contribution in [0.1, 0.15) is 17.0 Å². The Morgan fingerprint density at radius 3 is 2.68 bits per heavy atom. The van der Waals surface area contributed by atoms with Gasteiger partial charge in [-0.05, 0) is 24.6 Å². The lowest BCUT2D eigenvalue weighted by Crippen LogP contribution is -2.42. The summed E-state index contributed by atoms with van der Waals surface area (Å²) in [5.74, 6) is 1.67. The number of nitrogens with one attached hydrogen (secondary N) is 1. The average Bonchev–Trinajstić information content (AvgIpc) is 3.50. The lowest BCUT2D eigenvalue weighted by Gasteiger charge is -2.27. The van der Waals surface area contributed by atoms with Crippen LogP contribution in [-0.4, -0.2) is 61.0 Å². The number of hydrogen-bond acceptors (Lipinski definition) is 9. The third kappa shape index (κ3) is 3.97. The highest BCUT2D eigenvalue weighted by atomic mass is 16.5. The summed E-state index contributed by atoms with van der Waals surface area (Å²) in [6, 6.07) is 13.8. The Balaban J connectivity index is 1.27. The predicted molar refractivity (Wildman–Crippen MR) is 125 cm³/mol. The molecule has 10 nitrogen and oxygen atoms in total.